The molecule has 1 fully saturated rings. The van der Waals surface area contributed by atoms with Crippen molar-refractivity contribution in [1.29, 1.82) is 0 Å². The van der Waals surface area contributed by atoms with Crippen molar-refractivity contribution in [1.82, 2.24) is 9.38 Å². The molecule has 4 rings (SSSR count). The van der Waals surface area contributed by atoms with E-state index in [1.807, 2.05) is 0 Å². The fourth-order valence-electron chi connectivity index (χ4n) is 3.00. The van der Waals surface area contributed by atoms with Gasteiger partial charge in [-0.1, -0.05) is 12.1 Å². The Morgan fingerprint density at radius 1 is 1.33 bits per heavy atom. The van der Waals surface area contributed by atoms with Gasteiger partial charge >= 0.3 is 0 Å². The molecule has 4 nitrogen and oxygen atoms in total. The van der Waals surface area contributed by atoms with Crippen LogP contribution in [0.4, 0.5) is 14.6 Å². The standard InChI is InChI=1S/C18H15F2N3O/c1-9-11(3-2-4-13(9)19)10-5-6-15-22-18(21)16(23(15)8-10)17(24)12-7-14(12)20/h2-6,8,12,14H,7,21H2,1H3/t12-,14?/m0/s1. The third-order valence-electron chi connectivity index (χ3n) is 4.51. The fraction of sp³-hybridized carbons (Fsp3) is 0.222. The van der Waals surface area contributed by atoms with E-state index in [2.05, 4.69) is 4.98 Å². The lowest BCUT2D eigenvalue weighted by molar-refractivity contribution is 0.0952. The lowest BCUT2D eigenvalue weighted by Gasteiger charge is -2.08. The van der Waals surface area contributed by atoms with Crippen LogP contribution in [-0.2, 0) is 0 Å². The first kappa shape index (κ1) is 14.8. The Hall–Kier alpha value is -2.76. The van der Waals surface area contributed by atoms with Crippen LogP contribution in [0.3, 0.4) is 0 Å². The van der Waals surface area contributed by atoms with Crippen LogP contribution in [0.25, 0.3) is 16.8 Å². The van der Waals surface area contributed by atoms with Crippen molar-refractivity contribution >= 4 is 17.2 Å². The molecule has 1 unspecified atom stereocenters. The smallest absolute Gasteiger partial charge is 0.189 e. The number of nitrogen functional groups attached to an aromatic ring is 1. The van der Waals surface area contributed by atoms with Crippen molar-refractivity contribution in [2.75, 3.05) is 5.73 Å². The van der Waals surface area contributed by atoms with Gasteiger partial charge in [-0.25, -0.2) is 13.8 Å². The van der Waals surface area contributed by atoms with E-state index in [0.29, 0.717) is 11.2 Å². The monoisotopic (exact) mass is 327 g/mol. The predicted molar refractivity (Wildman–Crippen MR) is 87.1 cm³/mol. The number of alkyl halides is 1. The van der Waals surface area contributed by atoms with E-state index in [1.165, 1.54) is 6.07 Å². The maximum Gasteiger partial charge on any atom is 0.189 e. The molecule has 1 aromatic carbocycles. The van der Waals surface area contributed by atoms with Gasteiger partial charge in [-0.15, -0.1) is 0 Å². The summed E-state index contributed by atoms with van der Waals surface area (Å²) in [6.45, 7) is 1.70. The number of nitrogens with two attached hydrogens (primary N) is 1. The molecule has 0 spiro atoms. The van der Waals surface area contributed by atoms with Gasteiger partial charge < -0.3 is 5.73 Å². The molecule has 1 saturated carbocycles. The number of Topliss-reactive ketones (excluding diaryl/α,β-unsaturated/α-hetero) is 1. The Bertz CT molecular complexity index is 980. The summed E-state index contributed by atoms with van der Waals surface area (Å²) in [5, 5.41) is 0. The highest BCUT2D eigenvalue weighted by atomic mass is 19.1. The number of pyridine rings is 1. The van der Waals surface area contributed by atoms with Gasteiger partial charge in [0.2, 0.25) is 0 Å². The Balaban J connectivity index is 1.88. The quantitative estimate of drug-likeness (QED) is 0.748. The number of hydrogen-bond acceptors (Lipinski definition) is 3. The Morgan fingerprint density at radius 3 is 2.79 bits per heavy atom. The molecule has 2 aromatic heterocycles. The summed E-state index contributed by atoms with van der Waals surface area (Å²) in [7, 11) is 0. The molecule has 1 aliphatic rings. The zero-order chi connectivity index (χ0) is 17.0. The average Bonchev–Trinajstić information content (AvgIpc) is 3.19. The second kappa shape index (κ2) is 5.12. The lowest BCUT2D eigenvalue weighted by Crippen LogP contribution is -2.10. The summed E-state index contributed by atoms with van der Waals surface area (Å²) < 4.78 is 28.6. The number of hydrogen-bond donors (Lipinski definition) is 1. The minimum atomic E-state index is -1.10. The molecular formula is C18H15F2N3O. The molecule has 0 saturated heterocycles. The SMILES string of the molecule is Cc1c(F)cccc1-c1ccc2nc(N)c(C(=O)[C@H]3CC3F)n2c1. The largest absolute Gasteiger partial charge is 0.382 e. The van der Waals surface area contributed by atoms with Crippen LogP contribution < -0.4 is 5.73 Å². The minimum absolute atomic E-state index is 0.0900. The molecule has 0 radical (unpaired) electrons. The van der Waals surface area contributed by atoms with Gasteiger partial charge in [0.15, 0.2) is 11.6 Å². The number of rotatable bonds is 3. The van der Waals surface area contributed by atoms with Crippen LogP contribution in [0, 0.1) is 18.7 Å². The third-order valence-corrected chi connectivity index (χ3v) is 4.51. The second-order valence-corrected chi connectivity index (χ2v) is 6.13. The first-order valence-corrected chi connectivity index (χ1v) is 7.68. The van der Waals surface area contributed by atoms with E-state index in [-0.39, 0.29) is 29.5 Å². The van der Waals surface area contributed by atoms with E-state index in [1.54, 1.807) is 41.8 Å². The van der Waals surface area contributed by atoms with Crippen LogP contribution in [0.2, 0.25) is 0 Å². The van der Waals surface area contributed by atoms with Crippen molar-refractivity contribution in [3.63, 3.8) is 0 Å². The molecule has 6 heteroatoms. The van der Waals surface area contributed by atoms with Gasteiger partial charge in [0.05, 0.1) is 5.92 Å². The molecule has 122 valence electrons. The maximum atomic E-state index is 13.8. The fourth-order valence-corrected chi connectivity index (χ4v) is 3.00. The van der Waals surface area contributed by atoms with Crippen molar-refractivity contribution in [3.05, 3.63) is 53.6 Å². The van der Waals surface area contributed by atoms with Gasteiger partial charge in [-0.2, -0.15) is 0 Å². The molecule has 1 aliphatic carbocycles. The molecule has 0 bridgehead atoms. The first-order chi connectivity index (χ1) is 11.5. The highest BCUT2D eigenvalue weighted by molar-refractivity contribution is 6.03. The van der Waals surface area contributed by atoms with Crippen molar-refractivity contribution in [2.45, 2.75) is 19.5 Å². The summed E-state index contributed by atoms with van der Waals surface area (Å²) >= 11 is 0. The number of ketones is 1. The summed E-state index contributed by atoms with van der Waals surface area (Å²) in [6.07, 6.45) is 0.827. The molecule has 2 heterocycles. The number of anilines is 1. The zero-order valence-electron chi connectivity index (χ0n) is 13.0. The van der Waals surface area contributed by atoms with Crippen molar-refractivity contribution in [3.8, 4) is 11.1 Å². The van der Waals surface area contributed by atoms with Gasteiger partial charge in [0, 0.05) is 6.20 Å². The number of fused-ring (bicyclic) bond motifs is 1. The number of halogens is 2. The third kappa shape index (κ3) is 2.18. The number of carbonyl (C=O) groups excluding carboxylic acids is 1. The lowest BCUT2D eigenvalue weighted by atomic mass is 10.0. The van der Waals surface area contributed by atoms with E-state index in [0.717, 1.165) is 11.1 Å². The van der Waals surface area contributed by atoms with Crippen molar-refractivity contribution < 1.29 is 13.6 Å². The maximum absolute atomic E-state index is 13.8. The normalized spacial score (nSPS) is 19.6. The molecule has 2 N–H and O–H groups in total. The molecular weight excluding hydrogens is 312 g/mol. The van der Waals surface area contributed by atoms with Gasteiger partial charge in [0.1, 0.15) is 23.3 Å². The number of benzene rings is 1. The second-order valence-electron chi connectivity index (χ2n) is 6.13. The Kier molecular flexibility index (Phi) is 3.16. The van der Waals surface area contributed by atoms with Gasteiger partial charge in [-0.05, 0) is 48.2 Å². The highest BCUT2D eigenvalue weighted by Gasteiger charge is 2.45. The van der Waals surface area contributed by atoms with E-state index < -0.39 is 12.1 Å². The van der Waals surface area contributed by atoms with Crippen LogP contribution in [0.15, 0.2) is 36.5 Å². The van der Waals surface area contributed by atoms with E-state index >= 15 is 0 Å². The molecule has 0 amide bonds. The summed E-state index contributed by atoms with van der Waals surface area (Å²) in [6, 6.07) is 8.35. The Morgan fingerprint density at radius 2 is 2.08 bits per heavy atom. The topological polar surface area (TPSA) is 60.4 Å². The summed E-state index contributed by atoms with van der Waals surface area (Å²) in [5.41, 5.74) is 8.55. The van der Waals surface area contributed by atoms with Crippen molar-refractivity contribution in [2.24, 2.45) is 5.92 Å². The molecule has 0 aliphatic heterocycles. The number of nitrogens with zero attached hydrogens (tertiary/aromatic N) is 2. The number of imidazole rings is 1. The molecule has 24 heavy (non-hydrogen) atoms. The number of carbonyl (C=O) groups is 1. The van der Waals surface area contributed by atoms with Crippen LogP contribution >= 0.6 is 0 Å². The zero-order valence-corrected chi connectivity index (χ0v) is 13.0. The Labute approximate surface area is 136 Å². The highest BCUT2D eigenvalue weighted by Crippen LogP contribution is 2.38. The molecule has 3 aromatic rings. The van der Waals surface area contributed by atoms with E-state index in [9.17, 15) is 13.6 Å². The minimum Gasteiger partial charge on any atom is -0.382 e. The van der Waals surface area contributed by atoms with Crippen LogP contribution in [-0.4, -0.2) is 21.3 Å². The van der Waals surface area contributed by atoms with Gasteiger partial charge in [-0.3, -0.25) is 9.20 Å². The summed E-state index contributed by atoms with van der Waals surface area (Å²) in [4.78, 5) is 16.6. The van der Waals surface area contributed by atoms with E-state index in [4.69, 9.17) is 5.73 Å². The average molecular weight is 327 g/mol. The van der Waals surface area contributed by atoms with Crippen LogP contribution in [0.5, 0.6) is 0 Å². The predicted octanol–water partition coefficient (Wildman–Crippen LogP) is 3.57. The first-order valence-electron chi connectivity index (χ1n) is 7.68. The summed E-state index contributed by atoms with van der Waals surface area (Å²) in [5.74, 6) is -1.17. The molecule has 2 atom stereocenters. The van der Waals surface area contributed by atoms with Crippen LogP contribution in [0.1, 0.15) is 22.5 Å². The number of aromatic nitrogens is 2. The van der Waals surface area contributed by atoms with Gasteiger partial charge in [0.25, 0.3) is 0 Å².